The van der Waals surface area contributed by atoms with Gasteiger partial charge in [0.2, 0.25) is 0 Å². The van der Waals surface area contributed by atoms with E-state index in [-0.39, 0.29) is 47.6 Å². The van der Waals surface area contributed by atoms with E-state index in [1.165, 1.54) is 5.56 Å². The molecule has 1 aromatic rings. The van der Waals surface area contributed by atoms with Gasteiger partial charge in [-0.1, -0.05) is 30.3 Å². The second kappa shape index (κ2) is 5.09. The van der Waals surface area contributed by atoms with Crippen molar-refractivity contribution in [2.45, 2.75) is 49.0 Å². The van der Waals surface area contributed by atoms with Gasteiger partial charge in [0.1, 0.15) is 11.0 Å². The van der Waals surface area contributed by atoms with E-state index in [1.54, 1.807) is 14.2 Å². The maximum atomic E-state index is 14.7. The van der Waals surface area contributed by atoms with Gasteiger partial charge in [-0.15, -0.1) is 0 Å². The SMILES string of the molecule is COC(OC)[C@@H]1[C@H]2C[C@H]([C@@H]3O[C@]23c2ccccc2)[C@]23O[C@@H]4[C@H]5CC[C@@H]6[C@H]([C@H]52)[C@]13C(=O)[C@@]64C#N. The van der Waals surface area contributed by atoms with Crippen LogP contribution < -0.4 is 0 Å². The number of epoxide rings is 1. The highest BCUT2D eigenvalue weighted by molar-refractivity contribution is 6.02. The van der Waals surface area contributed by atoms with Crippen molar-refractivity contribution in [2.24, 2.45) is 52.3 Å². The molecule has 2 heterocycles. The molecule has 2 spiro atoms. The van der Waals surface area contributed by atoms with Crippen LogP contribution in [-0.2, 0) is 29.3 Å². The van der Waals surface area contributed by atoms with Crippen molar-refractivity contribution in [1.29, 1.82) is 5.26 Å². The van der Waals surface area contributed by atoms with E-state index in [2.05, 4.69) is 30.3 Å². The number of hydrogen-bond acceptors (Lipinski definition) is 6. The van der Waals surface area contributed by atoms with Gasteiger partial charge in [-0.3, -0.25) is 4.79 Å². The average molecular weight is 446 g/mol. The molecule has 1 aromatic carbocycles. The van der Waals surface area contributed by atoms with Crippen molar-refractivity contribution in [3.63, 3.8) is 0 Å². The Morgan fingerprint density at radius 1 is 1.03 bits per heavy atom. The molecule has 2 saturated heterocycles. The van der Waals surface area contributed by atoms with Gasteiger partial charge in [0.25, 0.3) is 0 Å². The van der Waals surface area contributed by atoms with Gasteiger partial charge in [0.05, 0.1) is 29.3 Å². The lowest BCUT2D eigenvalue weighted by Gasteiger charge is -2.72. The largest absolute Gasteiger partial charge is 0.368 e. The number of carbonyl (C=O) groups is 1. The molecule has 8 bridgehead atoms. The molecule has 0 N–H and O–H groups in total. The van der Waals surface area contributed by atoms with E-state index in [4.69, 9.17) is 18.9 Å². The zero-order valence-corrected chi connectivity index (χ0v) is 18.8. The molecule has 0 aromatic heterocycles. The summed E-state index contributed by atoms with van der Waals surface area (Å²) >= 11 is 0. The molecule has 9 fully saturated rings. The highest BCUT2D eigenvalue weighted by Gasteiger charge is 3.03. The second-order valence-corrected chi connectivity index (χ2v) is 11.9. The van der Waals surface area contributed by atoms with Crippen LogP contribution in [0.1, 0.15) is 24.8 Å². The van der Waals surface area contributed by atoms with Crippen LogP contribution in [0.5, 0.6) is 0 Å². The lowest BCUT2D eigenvalue weighted by Crippen LogP contribution is -2.81. The van der Waals surface area contributed by atoms with Crippen molar-refractivity contribution in [3.8, 4) is 6.07 Å². The molecular formula is C27H27NO5. The third-order valence-corrected chi connectivity index (χ3v) is 12.0. The van der Waals surface area contributed by atoms with Gasteiger partial charge in [-0.05, 0) is 48.5 Å². The smallest absolute Gasteiger partial charge is 0.165 e. The van der Waals surface area contributed by atoms with Crippen LogP contribution in [0.25, 0.3) is 0 Å². The summed E-state index contributed by atoms with van der Waals surface area (Å²) in [6.45, 7) is 0. The zero-order chi connectivity index (χ0) is 22.1. The fraction of sp³-hybridized carbons (Fsp3) is 0.704. The number of ketones is 1. The molecule has 6 heteroatoms. The number of methoxy groups -OCH3 is 2. The quantitative estimate of drug-likeness (QED) is 0.524. The Hall–Kier alpha value is -1.78. The molecule has 2 aliphatic heterocycles. The summed E-state index contributed by atoms with van der Waals surface area (Å²) in [5, 5.41) is 10.5. The summed E-state index contributed by atoms with van der Waals surface area (Å²) in [5.41, 5.74) is -1.41. The van der Waals surface area contributed by atoms with Gasteiger partial charge < -0.3 is 18.9 Å². The third kappa shape index (κ3) is 1.36. The average Bonchev–Trinajstić information content (AvgIpc) is 3.42. The van der Waals surface area contributed by atoms with Gasteiger partial charge in [0, 0.05) is 32.0 Å². The number of fused-ring (bicyclic) bond motifs is 6. The molecule has 33 heavy (non-hydrogen) atoms. The standard InChI is InChI=1S/C27H27NO5/c1-30-22(31-2)19-15-10-16(21-26(15,32-21)12-6-4-3-5-7-12)27-17-13-8-9-14-18(17)25(19,27)23(29)24(14,11-28)20(13)33-27/h3-7,13-22H,8-10H2,1-2H3/t13-,14+,15+,16+,17-,18+,19-,20+,21-,24-,25+,26+,27-/m0/s1. The first-order valence-corrected chi connectivity index (χ1v) is 12.5. The van der Waals surface area contributed by atoms with Crippen molar-refractivity contribution < 1.29 is 23.7 Å². The lowest BCUT2D eigenvalue weighted by atomic mass is 9.31. The Balaban J connectivity index is 1.34. The van der Waals surface area contributed by atoms with Gasteiger partial charge in [-0.25, -0.2) is 0 Å². The molecule has 170 valence electrons. The van der Waals surface area contributed by atoms with Crippen molar-refractivity contribution in [2.75, 3.05) is 14.2 Å². The van der Waals surface area contributed by atoms with Crippen molar-refractivity contribution in [1.82, 2.24) is 0 Å². The molecule has 0 amide bonds. The van der Waals surface area contributed by atoms with E-state index >= 15 is 0 Å². The Labute approximate surface area is 192 Å². The first-order chi connectivity index (χ1) is 16.1. The van der Waals surface area contributed by atoms with Crippen LogP contribution in [0, 0.1) is 63.6 Å². The topological polar surface area (TPSA) is 81.1 Å². The number of rotatable bonds is 4. The molecule has 0 unspecified atom stereocenters. The normalized spacial score (nSPS) is 61.2. The number of Topliss-reactive ketones (excluding diaryl/α,β-unsaturated/α-hetero) is 1. The minimum atomic E-state index is -0.976. The Morgan fingerprint density at radius 3 is 2.55 bits per heavy atom. The number of benzene rings is 1. The Morgan fingerprint density at radius 2 is 1.82 bits per heavy atom. The fourth-order valence-electron chi connectivity index (χ4n) is 11.8. The first kappa shape index (κ1) is 18.5. The van der Waals surface area contributed by atoms with Crippen LogP contribution >= 0.6 is 0 Å². The molecule has 6 nitrogen and oxygen atoms in total. The molecule has 13 atom stereocenters. The highest BCUT2D eigenvalue weighted by atomic mass is 16.7. The minimum Gasteiger partial charge on any atom is -0.368 e. The van der Waals surface area contributed by atoms with Crippen molar-refractivity contribution >= 4 is 5.78 Å². The predicted octanol–water partition coefficient (Wildman–Crippen LogP) is 2.67. The zero-order valence-electron chi connectivity index (χ0n) is 18.8. The van der Waals surface area contributed by atoms with Crippen LogP contribution in [0.15, 0.2) is 30.3 Å². The van der Waals surface area contributed by atoms with Gasteiger partial charge in [0.15, 0.2) is 12.1 Å². The number of nitriles is 1. The summed E-state index contributed by atoms with van der Waals surface area (Å²) in [5.74, 6) is 1.32. The number of nitrogens with zero attached hydrogens (tertiary/aromatic N) is 1. The van der Waals surface area contributed by atoms with E-state index in [0.29, 0.717) is 11.8 Å². The summed E-state index contributed by atoms with van der Waals surface area (Å²) in [4.78, 5) is 14.7. The minimum absolute atomic E-state index is 0.0600. The van der Waals surface area contributed by atoms with Gasteiger partial charge >= 0.3 is 0 Å². The summed E-state index contributed by atoms with van der Waals surface area (Å²) in [7, 11) is 3.36. The maximum absolute atomic E-state index is 14.7. The number of hydrogen-bond donors (Lipinski definition) is 0. The van der Waals surface area contributed by atoms with E-state index in [9.17, 15) is 10.1 Å². The second-order valence-electron chi connectivity index (χ2n) is 11.9. The van der Waals surface area contributed by atoms with Gasteiger partial charge in [-0.2, -0.15) is 5.26 Å². The summed E-state index contributed by atoms with van der Waals surface area (Å²) < 4.78 is 25.8. The van der Waals surface area contributed by atoms with Crippen molar-refractivity contribution in [3.05, 3.63) is 35.9 Å². The van der Waals surface area contributed by atoms with Crippen LogP contribution in [0.2, 0.25) is 0 Å². The third-order valence-electron chi connectivity index (χ3n) is 12.0. The maximum Gasteiger partial charge on any atom is 0.165 e. The molecular weight excluding hydrogens is 418 g/mol. The number of carbonyl (C=O) groups excluding carboxylic acids is 1. The van der Waals surface area contributed by atoms with Crippen LogP contribution in [0.4, 0.5) is 0 Å². The van der Waals surface area contributed by atoms with Crippen LogP contribution in [-0.4, -0.2) is 44.1 Å². The first-order valence-electron chi connectivity index (χ1n) is 12.5. The highest BCUT2D eigenvalue weighted by Crippen LogP contribution is 2.94. The van der Waals surface area contributed by atoms with Crippen LogP contribution in [0.3, 0.4) is 0 Å². The number of ether oxygens (including phenoxy) is 4. The Bertz CT molecular complexity index is 1180. The van der Waals surface area contributed by atoms with E-state index in [0.717, 1.165) is 19.3 Å². The predicted molar refractivity (Wildman–Crippen MR) is 112 cm³/mol. The molecule has 7 aliphatic carbocycles. The Kier molecular flexibility index (Phi) is 2.86. The molecule has 9 aliphatic rings. The lowest BCUT2D eigenvalue weighted by molar-refractivity contribution is -0.344. The van der Waals surface area contributed by atoms with E-state index in [1.807, 2.05) is 6.07 Å². The molecule has 10 rings (SSSR count). The summed E-state index contributed by atoms with van der Waals surface area (Å²) in [6.07, 6.45) is 2.31. The van der Waals surface area contributed by atoms with E-state index < -0.39 is 28.3 Å². The monoisotopic (exact) mass is 445 g/mol. The summed E-state index contributed by atoms with van der Waals surface area (Å²) in [6, 6.07) is 13.1. The molecule has 0 radical (unpaired) electrons. The molecule has 7 saturated carbocycles. The fourth-order valence-corrected chi connectivity index (χ4v) is 11.8.